The van der Waals surface area contributed by atoms with Gasteiger partial charge in [0, 0.05) is 5.33 Å². The van der Waals surface area contributed by atoms with Gasteiger partial charge in [0.1, 0.15) is 5.75 Å². The molecule has 7 heteroatoms. The molecule has 0 aliphatic carbocycles. The number of hydrogen-bond donors (Lipinski definition) is 0. The quantitative estimate of drug-likeness (QED) is 0.629. The molecule has 0 spiro atoms. The Bertz CT molecular complexity index is 432. The number of alkyl halides is 4. The van der Waals surface area contributed by atoms with Crippen molar-refractivity contribution in [2.45, 2.75) is 11.5 Å². The largest absolute Gasteiger partial charge is 0.484 e. The Morgan fingerprint density at radius 3 is 2.56 bits per heavy atom. The summed E-state index contributed by atoms with van der Waals surface area (Å²) in [6.07, 6.45) is -4.42. The molecule has 0 saturated carbocycles. The summed E-state index contributed by atoms with van der Waals surface area (Å²) in [5, 5.41) is 0.386. The van der Waals surface area contributed by atoms with E-state index in [2.05, 4.69) is 25.4 Å². The summed E-state index contributed by atoms with van der Waals surface area (Å²) < 4.78 is 45.1. The lowest BCUT2D eigenvalue weighted by molar-refractivity contribution is -0.153. The highest BCUT2D eigenvalue weighted by molar-refractivity contribution is 9.08. The van der Waals surface area contributed by atoms with E-state index in [1.807, 2.05) is 0 Å². The maximum atomic E-state index is 12.0. The highest BCUT2D eigenvalue weighted by Gasteiger charge is 2.28. The molecule has 0 fully saturated rings. The first kappa shape index (κ1) is 14.8. The summed E-state index contributed by atoms with van der Waals surface area (Å²) in [4.78, 5) is 11.4. The Balaban J connectivity index is 2.92. The van der Waals surface area contributed by atoms with Crippen LogP contribution >= 0.6 is 15.9 Å². The van der Waals surface area contributed by atoms with Crippen LogP contribution in [-0.2, 0) is 10.1 Å². The highest BCUT2D eigenvalue weighted by Crippen LogP contribution is 2.23. The van der Waals surface area contributed by atoms with E-state index in [-0.39, 0.29) is 11.3 Å². The molecule has 1 aromatic carbocycles. The third-order valence-corrected chi connectivity index (χ3v) is 2.64. The summed E-state index contributed by atoms with van der Waals surface area (Å²) >= 11 is 3.17. The molecular formula is C11H10BrF3O3. The number of ether oxygens (including phenoxy) is 2. The van der Waals surface area contributed by atoms with Crippen LogP contribution in [0.2, 0.25) is 0 Å². The molecule has 0 N–H and O–H groups in total. The van der Waals surface area contributed by atoms with Gasteiger partial charge in [-0.15, -0.1) is 0 Å². The minimum atomic E-state index is -4.42. The van der Waals surface area contributed by atoms with Gasteiger partial charge in [-0.1, -0.05) is 22.0 Å². The molecule has 0 heterocycles. The van der Waals surface area contributed by atoms with Crippen LogP contribution in [0.4, 0.5) is 13.2 Å². The summed E-state index contributed by atoms with van der Waals surface area (Å²) in [6, 6.07) is 4.11. The topological polar surface area (TPSA) is 35.5 Å². The van der Waals surface area contributed by atoms with Crippen molar-refractivity contribution in [3.05, 3.63) is 29.3 Å². The van der Waals surface area contributed by atoms with Crippen molar-refractivity contribution in [3.63, 3.8) is 0 Å². The first-order chi connectivity index (χ1) is 8.37. The molecule has 0 amide bonds. The van der Waals surface area contributed by atoms with Gasteiger partial charge < -0.3 is 9.47 Å². The Labute approximate surface area is 110 Å². The van der Waals surface area contributed by atoms with Gasteiger partial charge in [0.25, 0.3) is 0 Å². The van der Waals surface area contributed by atoms with Crippen molar-refractivity contribution in [3.8, 4) is 5.75 Å². The molecule has 1 aromatic rings. The number of rotatable bonds is 4. The van der Waals surface area contributed by atoms with E-state index < -0.39 is 18.8 Å². The van der Waals surface area contributed by atoms with E-state index in [9.17, 15) is 18.0 Å². The molecule has 0 atom stereocenters. The molecule has 0 saturated heterocycles. The Kier molecular flexibility index (Phi) is 5.01. The monoisotopic (exact) mass is 326 g/mol. The molecule has 0 aliphatic rings. The van der Waals surface area contributed by atoms with Gasteiger partial charge in [0.15, 0.2) is 6.61 Å². The van der Waals surface area contributed by atoms with Crippen molar-refractivity contribution in [1.29, 1.82) is 0 Å². The fraction of sp³-hybridized carbons (Fsp3) is 0.364. The van der Waals surface area contributed by atoms with E-state index in [0.29, 0.717) is 10.9 Å². The van der Waals surface area contributed by atoms with Gasteiger partial charge >= 0.3 is 12.1 Å². The van der Waals surface area contributed by atoms with Gasteiger partial charge in [-0.2, -0.15) is 13.2 Å². The number of esters is 1. The van der Waals surface area contributed by atoms with Crippen LogP contribution in [0.5, 0.6) is 5.75 Å². The third kappa shape index (κ3) is 4.21. The second kappa shape index (κ2) is 6.08. The van der Waals surface area contributed by atoms with Crippen LogP contribution < -0.4 is 4.74 Å². The standard InChI is InChI=1S/C11H10BrF3O3/c1-17-10(16)9-4-8(3-2-7(9)5-12)18-6-11(13,14)15/h2-4H,5-6H2,1H3. The maximum absolute atomic E-state index is 12.0. The molecule has 100 valence electrons. The van der Waals surface area contributed by atoms with Crippen molar-refractivity contribution in [1.82, 2.24) is 0 Å². The van der Waals surface area contributed by atoms with Crippen molar-refractivity contribution in [2.75, 3.05) is 13.7 Å². The number of hydrogen-bond acceptors (Lipinski definition) is 3. The number of halogens is 4. The maximum Gasteiger partial charge on any atom is 0.422 e. The predicted octanol–water partition coefficient (Wildman–Crippen LogP) is 3.31. The van der Waals surface area contributed by atoms with E-state index in [1.54, 1.807) is 0 Å². The molecular weight excluding hydrogens is 317 g/mol. The lowest BCUT2D eigenvalue weighted by atomic mass is 10.1. The summed E-state index contributed by atoms with van der Waals surface area (Å²) in [5.41, 5.74) is 0.787. The minimum absolute atomic E-state index is 0.0302. The molecule has 0 aromatic heterocycles. The SMILES string of the molecule is COC(=O)c1cc(OCC(F)(F)F)ccc1CBr. The predicted molar refractivity (Wildman–Crippen MR) is 62.0 cm³/mol. The second-order valence-electron chi connectivity index (χ2n) is 3.35. The van der Waals surface area contributed by atoms with Gasteiger partial charge in [0.2, 0.25) is 0 Å². The van der Waals surface area contributed by atoms with E-state index in [0.717, 1.165) is 0 Å². The molecule has 3 nitrogen and oxygen atoms in total. The summed E-state index contributed by atoms with van der Waals surface area (Å²) in [5.74, 6) is -0.653. The fourth-order valence-corrected chi connectivity index (χ4v) is 1.72. The van der Waals surface area contributed by atoms with Crippen LogP contribution in [0.1, 0.15) is 15.9 Å². The van der Waals surface area contributed by atoms with Gasteiger partial charge in [-0.3, -0.25) is 0 Å². The average Bonchev–Trinajstić information content (AvgIpc) is 2.34. The second-order valence-corrected chi connectivity index (χ2v) is 3.91. The fourth-order valence-electron chi connectivity index (χ4n) is 1.23. The van der Waals surface area contributed by atoms with Crippen LogP contribution in [-0.4, -0.2) is 25.9 Å². The van der Waals surface area contributed by atoms with Crippen LogP contribution in [0.3, 0.4) is 0 Å². The first-order valence-electron chi connectivity index (χ1n) is 4.84. The van der Waals surface area contributed by atoms with Gasteiger partial charge in [0.05, 0.1) is 12.7 Å². The van der Waals surface area contributed by atoms with Gasteiger partial charge in [-0.05, 0) is 17.7 Å². The highest BCUT2D eigenvalue weighted by atomic mass is 79.9. The summed E-state index contributed by atoms with van der Waals surface area (Å²) in [6.45, 7) is -1.40. The Morgan fingerprint density at radius 2 is 2.06 bits per heavy atom. The molecule has 0 radical (unpaired) electrons. The average molecular weight is 327 g/mol. The third-order valence-electron chi connectivity index (χ3n) is 2.03. The van der Waals surface area contributed by atoms with Crippen LogP contribution in [0.15, 0.2) is 18.2 Å². The van der Waals surface area contributed by atoms with Crippen molar-refractivity contribution in [2.24, 2.45) is 0 Å². The van der Waals surface area contributed by atoms with E-state index >= 15 is 0 Å². The number of carbonyl (C=O) groups excluding carboxylic acids is 1. The van der Waals surface area contributed by atoms with E-state index in [1.165, 1.54) is 25.3 Å². The van der Waals surface area contributed by atoms with Gasteiger partial charge in [-0.25, -0.2) is 4.79 Å². The zero-order valence-electron chi connectivity index (χ0n) is 9.38. The molecule has 0 unspecified atom stereocenters. The summed E-state index contributed by atoms with van der Waals surface area (Å²) in [7, 11) is 1.20. The molecule has 0 bridgehead atoms. The molecule has 0 aliphatic heterocycles. The number of carbonyl (C=O) groups is 1. The van der Waals surface area contributed by atoms with E-state index in [4.69, 9.17) is 0 Å². The minimum Gasteiger partial charge on any atom is -0.484 e. The van der Waals surface area contributed by atoms with Crippen LogP contribution in [0.25, 0.3) is 0 Å². The van der Waals surface area contributed by atoms with Crippen molar-refractivity contribution >= 4 is 21.9 Å². The zero-order valence-corrected chi connectivity index (χ0v) is 11.0. The Morgan fingerprint density at radius 1 is 1.39 bits per heavy atom. The lowest BCUT2D eigenvalue weighted by Gasteiger charge is -2.11. The number of benzene rings is 1. The first-order valence-corrected chi connectivity index (χ1v) is 5.96. The normalized spacial score (nSPS) is 11.2. The zero-order chi connectivity index (χ0) is 13.8. The molecule has 1 rings (SSSR count). The van der Waals surface area contributed by atoms with Crippen molar-refractivity contribution < 1.29 is 27.4 Å². The molecule has 18 heavy (non-hydrogen) atoms. The number of methoxy groups -OCH3 is 1. The lowest BCUT2D eigenvalue weighted by Crippen LogP contribution is -2.19. The smallest absolute Gasteiger partial charge is 0.422 e. The Hall–Kier alpha value is -1.24. The van der Waals surface area contributed by atoms with Crippen LogP contribution in [0, 0.1) is 0 Å².